The number of aryl methyl sites for hydroxylation is 18. The molecule has 0 aromatic heterocycles. The Morgan fingerprint density at radius 1 is 0.160 bits per heavy atom. The van der Waals surface area contributed by atoms with E-state index in [1.165, 1.54) is 0 Å². The van der Waals surface area contributed by atoms with Gasteiger partial charge in [0.2, 0.25) is 0 Å². The minimum Gasteiger partial charge on any atom is -0.508 e. The lowest BCUT2D eigenvalue weighted by Crippen LogP contribution is -2.08. The zero-order chi connectivity index (χ0) is 77.8. The Bertz CT molecular complexity index is 4930. The van der Waals surface area contributed by atoms with Crippen molar-refractivity contribution in [2.45, 2.75) is 148 Å². The molecule has 0 fully saturated rings. The Hall–Kier alpha value is -11.8. The van der Waals surface area contributed by atoms with E-state index in [2.05, 4.69) is 0 Å². The van der Waals surface area contributed by atoms with Crippen LogP contribution in [0.1, 0.15) is 191 Å². The topological polar surface area (TPSA) is 243 Å². The molecule has 0 amide bonds. The van der Waals surface area contributed by atoms with Crippen LogP contribution >= 0.6 is 0 Å². The third-order valence-electron chi connectivity index (χ3n) is 20.4. The number of hydrogen-bond acceptors (Lipinski definition) is 12. The second-order valence-corrected chi connectivity index (χ2v) is 29.0. The molecule has 12 aromatic rings. The van der Waals surface area contributed by atoms with Gasteiger partial charge in [-0.3, -0.25) is 0 Å². The maximum absolute atomic E-state index is 10.7. The second-order valence-electron chi connectivity index (χ2n) is 29.0. The largest absolute Gasteiger partial charge is 0.508 e. The SMILES string of the molecule is Cc1cc(C(c2ccc(O)cc2)c2cc(C)c(O)c(C)c2)cc(C)c1O.Cc1cc(C(c2ccc(O)cc2)c2cc(C)c(O)cc2C)c(C)cc1O.Cc1ccc(C(c2cc(C)c(O)c(C)c2)c2cc(C)c(O)c(C)c2)c(O)c1.Cc1ccc(C(c2cc(C)c(O)cc2C)c2cc(C)c(O)cc2C)c(O)c1. The van der Waals surface area contributed by atoms with Gasteiger partial charge < -0.3 is 61.3 Å². The van der Waals surface area contributed by atoms with Gasteiger partial charge in [0.15, 0.2) is 0 Å². The van der Waals surface area contributed by atoms with Crippen molar-refractivity contribution in [1.82, 2.24) is 0 Å². The van der Waals surface area contributed by atoms with Crippen molar-refractivity contribution in [2.75, 3.05) is 0 Å². The summed E-state index contributed by atoms with van der Waals surface area (Å²) in [5.41, 5.74) is 27.7. The molecule has 12 rings (SSSR count). The number of aromatic hydroxyl groups is 12. The summed E-state index contributed by atoms with van der Waals surface area (Å²) in [5.74, 6) is 2.73. The van der Waals surface area contributed by atoms with Crippen LogP contribution in [0, 0.1) is 125 Å². The van der Waals surface area contributed by atoms with Crippen molar-refractivity contribution in [2.24, 2.45) is 0 Å². The monoisotopic (exact) mass is 1420 g/mol. The van der Waals surface area contributed by atoms with Crippen molar-refractivity contribution in [1.29, 1.82) is 0 Å². The van der Waals surface area contributed by atoms with Crippen LogP contribution in [0.5, 0.6) is 69.0 Å². The standard InChI is InChI=1S/2C24H26O3.2C23H24O3/c1-13-6-7-18(23(27)8-13)24(19-9-16(4)21(25)11-14(19)2)20-10-17(5)22(26)12-15(20)3;1-13-6-7-20(21(25)8-13)22(18-9-14(2)23(26)15(3)10-18)19-11-16(4)24(27)17(5)12-19;1-13-11-21(25)15(3)9-19(13)23(17-5-7-18(24)8-6-17)20-10-16(4)22(26)12-14(20)2;1-13-9-18(10-14(2)22(13)25)21(17-5-7-20(24)8-6-17)19-11-15(3)23(26)16(4)12-19/h6-12,24-27H,1-5H3;6-12,22,25-27H,1-5H3;5-12,23-26H,1-4H3;5-12,21,24-26H,1-4H3. The van der Waals surface area contributed by atoms with Crippen LogP contribution in [-0.4, -0.2) is 61.3 Å². The third kappa shape index (κ3) is 17.4. The predicted molar refractivity (Wildman–Crippen MR) is 426 cm³/mol. The van der Waals surface area contributed by atoms with Crippen molar-refractivity contribution in [3.8, 4) is 69.0 Å². The average Bonchev–Trinajstić information content (AvgIpc) is 0.846. The Labute approximate surface area is 624 Å². The first kappa shape index (κ1) is 78.4. The van der Waals surface area contributed by atoms with Gasteiger partial charge in [0, 0.05) is 34.8 Å². The molecule has 0 spiro atoms. The molecule has 0 bridgehead atoms. The lowest BCUT2D eigenvalue weighted by molar-refractivity contribution is 0.463. The van der Waals surface area contributed by atoms with Gasteiger partial charge in [0.25, 0.3) is 0 Å². The lowest BCUT2D eigenvalue weighted by Gasteiger charge is -2.25. The number of phenols is 12. The molecule has 0 heterocycles. The molecule has 0 radical (unpaired) electrons. The summed E-state index contributed by atoms with van der Waals surface area (Å²) in [6, 6.07) is 56.8. The van der Waals surface area contributed by atoms with Gasteiger partial charge in [-0.25, -0.2) is 0 Å². The van der Waals surface area contributed by atoms with Crippen LogP contribution < -0.4 is 0 Å². The summed E-state index contributed by atoms with van der Waals surface area (Å²) in [5, 5.41) is 122. The first-order valence-corrected chi connectivity index (χ1v) is 35.5. The summed E-state index contributed by atoms with van der Waals surface area (Å²) < 4.78 is 0. The minimum atomic E-state index is -0.207. The normalized spacial score (nSPS) is 11.2. The molecule has 0 atom stereocenters. The summed E-state index contributed by atoms with van der Waals surface area (Å²) >= 11 is 0. The van der Waals surface area contributed by atoms with E-state index in [1.807, 2.05) is 246 Å². The van der Waals surface area contributed by atoms with E-state index in [1.54, 1.807) is 60.7 Å². The lowest BCUT2D eigenvalue weighted by atomic mass is 9.79. The van der Waals surface area contributed by atoms with Crippen LogP contribution in [0.15, 0.2) is 182 Å². The van der Waals surface area contributed by atoms with Crippen LogP contribution in [-0.2, 0) is 0 Å². The molecule has 548 valence electrons. The Morgan fingerprint density at radius 3 is 0.642 bits per heavy atom. The summed E-state index contributed by atoms with van der Waals surface area (Å²) in [6.45, 7) is 34.4. The molecule has 12 aromatic carbocycles. The molecule has 0 aliphatic heterocycles. The molecule has 0 saturated carbocycles. The zero-order valence-corrected chi connectivity index (χ0v) is 64.0. The molecule has 12 N–H and O–H groups in total. The first-order valence-electron chi connectivity index (χ1n) is 35.5. The Balaban J connectivity index is 0.000000163. The highest BCUT2D eigenvalue weighted by Gasteiger charge is 2.28. The van der Waals surface area contributed by atoms with E-state index in [9.17, 15) is 61.3 Å². The average molecular weight is 1420 g/mol. The fourth-order valence-corrected chi connectivity index (χ4v) is 14.4. The smallest absolute Gasteiger partial charge is 0.121 e. The summed E-state index contributed by atoms with van der Waals surface area (Å²) in [6.07, 6.45) is 0. The molecule has 12 heteroatoms. The van der Waals surface area contributed by atoms with E-state index in [0.29, 0.717) is 23.0 Å². The van der Waals surface area contributed by atoms with Crippen LogP contribution in [0.4, 0.5) is 0 Å². The second kappa shape index (κ2) is 32.5. The third-order valence-corrected chi connectivity index (χ3v) is 20.4. The predicted octanol–water partition coefficient (Wildman–Crippen LogP) is 21.5. The molecule has 0 aliphatic rings. The van der Waals surface area contributed by atoms with E-state index in [4.69, 9.17) is 0 Å². The molecule has 0 saturated heterocycles. The molecular formula is C94H100O12. The number of phenolic OH excluding ortho intramolecular Hbond substituents is 12. The quantitative estimate of drug-likeness (QED) is 0.0511. The van der Waals surface area contributed by atoms with Gasteiger partial charge in [-0.1, -0.05) is 121 Å². The van der Waals surface area contributed by atoms with E-state index in [-0.39, 0.29) is 69.7 Å². The van der Waals surface area contributed by atoms with Crippen molar-refractivity contribution in [3.05, 3.63) is 349 Å². The van der Waals surface area contributed by atoms with Gasteiger partial charge in [-0.2, -0.15) is 0 Å². The fraction of sp³-hybridized carbons (Fsp3) is 0.234. The highest BCUT2D eigenvalue weighted by Crippen LogP contribution is 2.46. The van der Waals surface area contributed by atoms with Crippen LogP contribution in [0.25, 0.3) is 0 Å². The first-order chi connectivity index (χ1) is 49.9. The maximum Gasteiger partial charge on any atom is 0.121 e. The zero-order valence-electron chi connectivity index (χ0n) is 64.0. The number of benzene rings is 12. The maximum atomic E-state index is 10.7. The van der Waals surface area contributed by atoms with Crippen molar-refractivity contribution >= 4 is 0 Å². The minimum absolute atomic E-state index is 0.0609. The number of hydrogen-bond donors (Lipinski definition) is 12. The van der Waals surface area contributed by atoms with Crippen LogP contribution in [0.2, 0.25) is 0 Å². The highest BCUT2D eigenvalue weighted by atomic mass is 16.3. The van der Waals surface area contributed by atoms with Gasteiger partial charge >= 0.3 is 0 Å². The van der Waals surface area contributed by atoms with Crippen LogP contribution in [0.3, 0.4) is 0 Å². The van der Waals surface area contributed by atoms with Crippen molar-refractivity contribution < 1.29 is 61.3 Å². The molecule has 12 nitrogen and oxygen atoms in total. The molecule has 106 heavy (non-hydrogen) atoms. The van der Waals surface area contributed by atoms with E-state index < -0.39 is 0 Å². The Kier molecular flexibility index (Phi) is 24.0. The number of rotatable bonds is 12. The summed E-state index contributed by atoms with van der Waals surface area (Å²) in [4.78, 5) is 0. The van der Waals surface area contributed by atoms with Gasteiger partial charge in [-0.15, -0.1) is 0 Å². The van der Waals surface area contributed by atoms with Gasteiger partial charge in [-0.05, 0) is 341 Å². The van der Waals surface area contributed by atoms with Gasteiger partial charge in [0.1, 0.15) is 69.0 Å². The Morgan fingerprint density at radius 2 is 0.387 bits per heavy atom. The fourth-order valence-electron chi connectivity index (χ4n) is 14.4. The van der Waals surface area contributed by atoms with Gasteiger partial charge in [0.05, 0.1) is 0 Å². The molecule has 0 unspecified atom stereocenters. The van der Waals surface area contributed by atoms with E-state index in [0.717, 1.165) is 167 Å². The molecule has 0 aliphatic carbocycles. The van der Waals surface area contributed by atoms with Crippen molar-refractivity contribution in [3.63, 3.8) is 0 Å². The highest BCUT2D eigenvalue weighted by molar-refractivity contribution is 5.61. The summed E-state index contributed by atoms with van der Waals surface area (Å²) in [7, 11) is 0. The van der Waals surface area contributed by atoms with E-state index >= 15 is 0 Å². The molecular weight excluding hydrogens is 1320 g/mol.